The lowest BCUT2D eigenvalue weighted by Crippen LogP contribution is -2.41. The number of aliphatic carboxylic acids is 1. The normalized spacial score (nSPS) is 31.6. The van der Waals surface area contributed by atoms with Crippen molar-refractivity contribution in [3.05, 3.63) is 0 Å². The van der Waals surface area contributed by atoms with Crippen LogP contribution in [0.4, 0.5) is 0 Å². The van der Waals surface area contributed by atoms with Crippen molar-refractivity contribution in [3.63, 3.8) is 0 Å². The van der Waals surface area contributed by atoms with E-state index in [0.29, 0.717) is 30.7 Å². The lowest BCUT2D eigenvalue weighted by Gasteiger charge is -2.20. The molecule has 0 radical (unpaired) electrons. The minimum atomic E-state index is -0.744. The zero-order chi connectivity index (χ0) is 12.7. The first kappa shape index (κ1) is 12.0. The summed E-state index contributed by atoms with van der Waals surface area (Å²) in [5, 5.41) is 12.2. The number of hydrogen-bond acceptors (Lipinski definition) is 2. The monoisotopic (exact) mass is 251 g/mol. The summed E-state index contributed by atoms with van der Waals surface area (Å²) in [6.07, 6.45) is 6.94. The summed E-state index contributed by atoms with van der Waals surface area (Å²) in [5.41, 5.74) is 0. The van der Waals surface area contributed by atoms with Crippen LogP contribution in [-0.2, 0) is 9.59 Å². The largest absolute Gasteiger partial charge is 0.481 e. The van der Waals surface area contributed by atoms with Crippen LogP contribution in [-0.4, -0.2) is 23.0 Å². The highest BCUT2D eigenvalue weighted by molar-refractivity contribution is 5.81. The average Bonchev–Trinajstić information content (AvgIpc) is 3.24. The van der Waals surface area contributed by atoms with E-state index in [4.69, 9.17) is 5.11 Å². The summed E-state index contributed by atoms with van der Waals surface area (Å²) >= 11 is 0. The Morgan fingerprint density at radius 2 is 1.50 bits per heavy atom. The van der Waals surface area contributed by atoms with Gasteiger partial charge in [-0.2, -0.15) is 0 Å². The molecule has 0 saturated heterocycles. The number of hydrogen-bond donors (Lipinski definition) is 2. The van der Waals surface area contributed by atoms with Gasteiger partial charge in [0.05, 0.1) is 5.92 Å². The molecule has 0 aromatic carbocycles. The second-order valence-electron chi connectivity index (χ2n) is 6.25. The Labute approximate surface area is 107 Å². The number of amides is 1. The van der Waals surface area contributed by atoms with Crippen LogP contribution in [0.2, 0.25) is 0 Å². The van der Waals surface area contributed by atoms with E-state index in [1.165, 1.54) is 25.7 Å². The Hall–Kier alpha value is -1.06. The molecule has 0 aromatic heterocycles. The molecule has 3 rings (SSSR count). The third kappa shape index (κ3) is 2.52. The molecule has 2 N–H and O–H groups in total. The Morgan fingerprint density at radius 3 is 1.94 bits per heavy atom. The fourth-order valence-corrected chi connectivity index (χ4v) is 3.26. The van der Waals surface area contributed by atoms with Crippen LogP contribution >= 0.6 is 0 Å². The van der Waals surface area contributed by atoms with E-state index >= 15 is 0 Å². The topological polar surface area (TPSA) is 66.4 Å². The molecule has 4 heteroatoms. The van der Waals surface area contributed by atoms with Crippen LogP contribution in [0.3, 0.4) is 0 Å². The summed E-state index contributed by atoms with van der Waals surface area (Å²) in [4.78, 5) is 23.1. The van der Waals surface area contributed by atoms with Gasteiger partial charge in [0.1, 0.15) is 0 Å². The number of rotatable bonds is 5. The summed E-state index contributed by atoms with van der Waals surface area (Å²) in [5.74, 6) is 0.414. The Morgan fingerprint density at radius 1 is 0.944 bits per heavy atom. The second kappa shape index (κ2) is 4.56. The van der Waals surface area contributed by atoms with Crippen molar-refractivity contribution in [2.24, 2.45) is 23.7 Å². The molecular formula is C14H21NO3. The predicted octanol–water partition coefficient (Wildman–Crippen LogP) is 1.79. The van der Waals surface area contributed by atoms with E-state index in [9.17, 15) is 9.59 Å². The van der Waals surface area contributed by atoms with Gasteiger partial charge in [0.15, 0.2) is 0 Å². The molecule has 0 heterocycles. The molecule has 4 nitrogen and oxygen atoms in total. The molecule has 0 aliphatic heterocycles. The van der Waals surface area contributed by atoms with Crippen molar-refractivity contribution in [1.82, 2.24) is 5.32 Å². The molecule has 3 saturated carbocycles. The predicted molar refractivity (Wildman–Crippen MR) is 65.8 cm³/mol. The van der Waals surface area contributed by atoms with Crippen molar-refractivity contribution < 1.29 is 14.7 Å². The van der Waals surface area contributed by atoms with Crippen LogP contribution in [0.5, 0.6) is 0 Å². The lowest BCUT2D eigenvalue weighted by atomic mass is 10.0. The first-order valence-corrected chi connectivity index (χ1v) is 7.18. The van der Waals surface area contributed by atoms with Gasteiger partial charge in [0.25, 0.3) is 0 Å². The van der Waals surface area contributed by atoms with Crippen LogP contribution < -0.4 is 5.32 Å². The third-order valence-corrected chi connectivity index (χ3v) is 4.72. The fraction of sp³-hybridized carbons (Fsp3) is 0.857. The van der Waals surface area contributed by atoms with E-state index < -0.39 is 5.97 Å². The highest BCUT2D eigenvalue weighted by atomic mass is 16.4. The number of carboxylic acid groups (broad SMARTS) is 1. The molecule has 0 bridgehead atoms. The standard InChI is InChI=1S/C14H21NO3/c16-13(10-5-6-11(7-10)14(17)18)15-12(8-1-2-8)9-3-4-9/h8-12H,1-7H2,(H,15,16)(H,17,18)/t10-,11+/m1/s1. The smallest absolute Gasteiger partial charge is 0.306 e. The van der Waals surface area contributed by atoms with Crippen molar-refractivity contribution >= 4 is 11.9 Å². The van der Waals surface area contributed by atoms with Crippen molar-refractivity contribution in [2.75, 3.05) is 0 Å². The van der Waals surface area contributed by atoms with Gasteiger partial charge < -0.3 is 10.4 Å². The van der Waals surface area contributed by atoms with Crippen molar-refractivity contribution in [3.8, 4) is 0 Å². The number of nitrogens with one attached hydrogen (secondary N) is 1. The minimum Gasteiger partial charge on any atom is -0.481 e. The van der Waals surface area contributed by atoms with Gasteiger partial charge in [0.2, 0.25) is 5.91 Å². The third-order valence-electron chi connectivity index (χ3n) is 4.72. The highest BCUT2D eigenvalue weighted by Crippen LogP contribution is 2.45. The molecule has 2 atom stereocenters. The van der Waals surface area contributed by atoms with Crippen molar-refractivity contribution in [2.45, 2.75) is 51.0 Å². The molecule has 0 unspecified atom stereocenters. The second-order valence-corrected chi connectivity index (χ2v) is 6.25. The van der Waals surface area contributed by atoms with Gasteiger partial charge in [-0.25, -0.2) is 0 Å². The SMILES string of the molecule is O=C(O)[C@H]1CC[C@@H](C(=O)NC(C2CC2)C2CC2)C1. The molecule has 0 aromatic rings. The summed E-state index contributed by atoms with van der Waals surface area (Å²) in [6.45, 7) is 0. The average molecular weight is 251 g/mol. The maximum Gasteiger partial charge on any atom is 0.306 e. The molecular weight excluding hydrogens is 230 g/mol. The minimum absolute atomic E-state index is 0.0638. The van der Waals surface area contributed by atoms with E-state index in [1.807, 2.05) is 0 Å². The van der Waals surface area contributed by atoms with Gasteiger partial charge in [0, 0.05) is 12.0 Å². The maximum atomic E-state index is 12.2. The zero-order valence-corrected chi connectivity index (χ0v) is 10.6. The molecule has 18 heavy (non-hydrogen) atoms. The van der Waals surface area contributed by atoms with Gasteiger partial charge >= 0.3 is 5.97 Å². The van der Waals surface area contributed by atoms with Crippen LogP contribution in [0.15, 0.2) is 0 Å². The van der Waals surface area contributed by atoms with E-state index in [2.05, 4.69) is 5.32 Å². The van der Waals surface area contributed by atoms with Crippen LogP contribution in [0.25, 0.3) is 0 Å². The Balaban J connectivity index is 1.53. The Bertz CT molecular complexity index is 348. The maximum absolute atomic E-state index is 12.2. The van der Waals surface area contributed by atoms with Gasteiger partial charge in [-0.1, -0.05) is 0 Å². The van der Waals surface area contributed by atoms with Crippen LogP contribution in [0.1, 0.15) is 44.9 Å². The van der Waals surface area contributed by atoms with Gasteiger partial charge in [-0.05, 0) is 56.8 Å². The van der Waals surface area contributed by atoms with Crippen LogP contribution in [0, 0.1) is 23.7 Å². The Kier molecular flexibility index (Phi) is 3.04. The zero-order valence-electron chi connectivity index (χ0n) is 10.6. The molecule has 0 spiro atoms. The summed E-state index contributed by atoms with van der Waals surface area (Å²) in [6, 6.07) is 0.390. The summed E-state index contributed by atoms with van der Waals surface area (Å²) in [7, 11) is 0. The van der Waals surface area contributed by atoms with Gasteiger partial charge in [-0.3, -0.25) is 9.59 Å². The highest BCUT2D eigenvalue weighted by Gasteiger charge is 2.43. The number of carboxylic acids is 1. The van der Waals surface area contributed by atoms with Crippen molar-refractivity contribution in [1.29, 1.82) is 0 Å². The summed E-state index contributed by atoms with van der Waals surface area (Å²) < 4.78 is 0. The van der Waals surface area contributed by atoms with Gasteiger partial charge in [-0.15, -0.1) is 0 Å². The molecule has 3 fully saturated rings. The van der Waals surface area contributed by atoms with E-state index in [-0.39, 0.29) is 17.7 Å². The number of carbonyl (C=O) groups excluding carboxylic acids is 1. The quantitative estimate of drug-likeness (QED) is 0.783. The molecule has 3 aliphatic rings. The fourth-order valence-electron chi connectivity index (χ4n) is 3.26. The van der Waals surface area contributed by atoms with E-state index in [0.717, 1.165) is 6.42 Å². The molecule has 3 aliphatic carbocycles. The first-order valence-electron chi connectivity index (χ1n) is 7.18. The number of carbonyl (C=O) groups is 2. The first-order chi connectivity index (χ1) is 8.65. The van der Waals surface area contributed by atoms with E-state index in [1.54, 1.807) is 0 Å². The molecule has 100 valence electrons. The molecule has 1 amide bonds. The lowest BCUT2D eigenvalue weighted by molar-refractivity contribution is -0.141.